The fourth-order valence-corrected chi connectivity index (χ4v) is 1.46. The van der Waals surface area contributed by atoms with Gasteiger partial charge in [0.1, 0.15) is 0 Å². The molecule has 0 fully saturated rings. The lowest BCUT2D eigenvalue weighted by Crippen LogP contribution is -2.03. The average Bonchev–Trinajstić information content (AvgIpc) is 2.81. The van der Waals surface area contributed by atoms with Crippen molar-refractivity contribution in [2.24, 2.45) is 0 Å². The second kappa shape index (κ2) is 4.09. The number of benzene rings is 1. The molecule has 0 atom stereocenters. The van der Waals surface area contributed by atoms with Crippen LogP contribution in [-0.4, -0.2) is 15.8 Å². The Morgan fingerprint density at radius 3 is 3.00 bits per heavy atom. The van der Waals surface area contributed by atoms with Crippen LogP contribution < -0.4 is 0 Å². The van der Waals surface area contributed by atoms with E-state index in [1.807, 2.05) is 24.3 Å². The van der Waals surface area contributed by atoms with Crippen molar-refractivity contribution in [3.8, 4) is 0 Å². The van der Waals surface area contributed by atoms with Gasteiger partial charge in [0.25, 0.3) is 0 Å². The maximum absolute atomic E-state index is 11.9. The van der Waals surface area contributed by atoms with Gasteiger partial charge in [-0.2, -0.15) is 0 Å². The first-order chi connectivity index (χ1) is 7.31. The van der Waals surface area contributed by atoms with Gasteiger partial charge in [-0.1, -0.05) is 25.1 Å². The smallest absolute Gasteiger partial charge is 0.228 e. The standard InChI is InChI=1S/C12H12N2O/c1-2-9-4-3-5-10(8-9)11(15)12-13-6-7-14-12/h3-8H,2H2,1H3,(H,13,14). The monoisotopic (exact) mass is 200 g/mol. The zero-order valence-corrected chi connectivity index (χ0v) is 8.53. The lowest BCUT2D eigenvalue weighted by atomic mass is 10.1. The van der Waals surface area contributed by atoms with Gasteiger partial charge in [0.05, 0.1) is 0 Å². The van der Waals surface area contributed by atoms with Crippen LogP contribution in [0.1, 0.15) is 28.7 Å². The zero-order chi connectivity index (χ0) is 10.7. The average molecular weight is 200 g/mol. The molecule has 0 saturated carbocycles. The Kier molecular flexibility index (Phi) is 2.63. The van der Waals surface area contributed by atoms with E-state index in [1.54, 1.807) is 12.4 Å². The first-order valence-electron chi connectivity index (χ1n) is 4.94. The van der Waals surface area contributed by atoms with Crippen molar-refractivity contribution in [1.29, 1.82) is 0 Å². The molecular formula is C12H12N2O. The third kappa shape index (κ3) is 1.96. The molecule has 1 heterocycles. The van der Waals surface area contributed by atoms with Gasteiger partial charge in [0.15, 0.2) is 5.82 Å². The topological polar surface area (TPSA) is 45.8 Å². The highest BCUT2D eigenvalue weighted by molar-refractivity contribution is 6.06. The molecule has 15 heavy (non-hydrogen) atoms. The molecular weight excluding hydrogens is 188 g/mol. The van der Waals surface area contributed by atoms with Crippen LogP contribution in [0, 0.1) is 0 Å². The highest BCUT2D eigenvalue weighted by Gasteiger charge is 2.10. The van der Waals surface area contributed by atoms with Crippen LogP contribution in [0.25, 0.3) is 0 Å². The van der Waals surface area contributed by atoms with E-state index < -0.39 is 0 Å². The summed E-state index contributed by atoms with van der Waals surface area (Å²) in [6, 6.07) is 7.63. The van der Waals surface area contributed by atoms with E-state index in [-0.39, 0.29) is 5.78 Å². The molecule has 0 radical (unpaired) electrons. The largest absolute Gasteiger partial charge is 0.342 e. The first-order valence-corrected chi connectivity index (χ1v) is 4.94. The summed E-state index contributed by atoms with van der Waals surface area (Å²) in [5, 5.41) is 0. The number of H-pyrrole nitrogens is 1. The number of rotatable bonds is 3. The Morgan fingerprint density at radius 1 is 1.47 bits per heavy atom. The van der Waals surface area contributed by atoms with Crippen molar-refractivity contribution < 1.29 is 4.79 Å². The fraction of sp³-hybridized carbons (Fsp3) is 0.167. The normalized spacial score (nSPS) is 10.2. The first kappa shape index (κ1) is 9.65. The summed E-state index contributed by atoms with van der Waals surface area (Å²) >= 11 is 0. The second-order valence-corrected chi connectivity index (χ2v) is 3.32. The van der Waals surface area contributed by atoms with Crippen molar-refractivity contribution >= 4 is 5.78 Å². The number of imidazole rings is 1. The molecule has 2 rings (SSSR count). The molecule has 0 unspecified atom stereocenters. The molecule has 0 aliphatic carbocycles. The number of hydrogen-bond acceptors (Lipinski definition) is 2. The second-order valence-electron chi connectivity index (χ2n) is 3.32. The Hall–Kier alpha value is -1.90. The van der Waals surface area contributed by atoms with Gasteiger partial charge in [0.2, 0.25) is 5.78 Å². The van der Waals surface area contributed by atoms with E-state index in [9.17, 15) is 4.79 Å². The minimum atomic E-state index is -0.0599. The molecule has 1 N–H and O–H groups in total. The van der Waals surface area contributed by atoms with Gasteiger partial charge in [-0.15, -0.1) is 0 Å². The summed E-state index contributed by atoms with van der Waals surface area (Å²) in [6.07, 6.45) is 4.16. The zero-order valence-electron chi connectivity index (χ0n) is 8.53. The molecule has 1 aromatic heterocycles. The van der Waals surface area contributed by atoms with Gasteiger partial charge in [-0.3, -0.25) is 4.79 Å². The number of hydrogen-bond donors (Lipinski definition) is 1. The molecule has 0 aliphatic heterocycles. The number of carbonyl (C=O) groups excluding carboxylic acids is 1. The minimum absolute atomic E-state index is 0.0599. The van der Waals surface area contributed by atoms with Crippen LogP contribution in [0.3, 0.4) is 0 Å². The summed E-state index contributed by atoms with van der Waals surface area (Å²) in [7, 11) is 0. The van der Waals surface area contributed by atoms with E-state index in [0.717, 1.165) is 12.0 Å². The Labute approximate surface area is 88.2 Å². The number of aromatic amines is 1. The molecule has 1 aromatic carbocycles. The molecule has 0 saturated heterocycles. The lowest BCUT2D eigenvalue weighted by Gasteiger charge is -2.00. The number of ketones is 1. The summed E-state index contributed by atoms with van der Waals surface area (Å²) in [5.74, 6) is 0.332. The van der Waals surface area contributed by atoms with Crippen molar-refractivity contribution in [2.45, 2.75) is 13.3 Å². The number of aryl methyl sites for hydroxylation is 1. The summed E-state index contributed by atoms with van der Waals surface area (Å²) < 4.78 is 0. The van der Waals surface area contributed by atoms with Gasteiger partial charge < -0.3 is 4.98 Å². The van der Waals surface area contributed by atoms with Crippen LogP contribution in [0.15, 0.2) is 36.7 Å². The van der Waals surface area contributed by atoms with E-state index in [2.05, 4.69) is 16.9 Å². The Balaban J connectivity index is 2.34. The van der Waals surface area contributed by atoms with Gasteiger partial charge >= 0.3 is 0 Å². The van der Waals surface area contributed by atoms with Crippen molar-refractivity contribution in [3.05, 3.63) is 53.6 Å². The third-order valence-electron chi connectivity index (χ3n) is 2.31. The summed E-state index contributed by atoms with van der Waals surface area (Å²) in [5.41, 5.74) is 1.84. The Bertz CT molecular complexity index is 460. The molecule has 0 spiro atoms. The molecule has 0 aliphatic rings. The van der Waals surface area contributed by atoms with Crippen molar-refractivity contribution in [2.75, 3.05) is 0 Å². The van der Waals surface area contributed by atoms with E-state index in [4.69, 9.17) is 0 Å². The number of nitrogens with one attached hydrogen (secondary N) is 1. The Morgan fingerprint density at radius 2 is 2.33 bits per heavy atom. The number of aromatic nitrogens is 2. The van der Waals surface area contributed by atoms with E-state index >= 15 is 0 Å². The highest BCUT2D eigenvalue weighted by atomic mass is 16.1. The quantitative estimate of drug-likeness (QED) is 0.772. The maximum Gasteiger partial charge on any atom is 0.228 e. The van der Waals surface area contributed by atoms with Crippen LogP contribution in [-0.2, 0) is 6.42 Å². The molecule has 0 bridgehead atoms. The van der Waals surface area contributed by atoms with E-state index in [0.29, 0.717) is 11.4 Å². The van der Waals surface area contributed by atoms with Crippen LogP contribution in [0.2, 0.25) is 0 Å². The summed E-state index contributed by atoms with van der Waals surface area (Å²) in [6.45, 7) is 2.07. The van der Waals surface area contributed by atoms with Crippen molar-refractivity contribution in [3.63, 3.8) is 0 Å². The van der Waals surface area contributed by atoms with Gasteiger partial charge in [-0.25, -0.2) is 4.98 Å². The molecule has 0 amide bonds. The van der Waals surface area contributed by atoms with Crippen LogP contribution >= 0.6 is 0 Å². The van der Waals surface area contributed by atoms with Gasteiger partial charge in [0, 0.05) is 18.0 Å². The van der Waals surface area contributed by atoms with Crippen molar-refractivity contribution in [1.82, 2.24) is 9.97 Å². The predicted octanol–water partition coefficient (Wildman–Crippen LogP) is 2.20. The highest BCUT2D eigenvalue weighted by Crippen LogP contribution is 2.09. The summed E-state index contributed by atoms with van der Waals surface area (Å²) in [4.78, 5) is 18.6. The van der Waals surface area contributed by atoms with Crippen LogP contribution in [0.5, 0.6) is 0 Å². The number of nitrogens with zero attached hydrogens (tertiary/aromatic N) is 1. The maximum atomic E-state index is 11.9. The van der Waals surface area contributed by atoms with Crippen LogP contribution in [0.4, 0.5) is 0 Å². The predicted molar refractivity (Wildman–Crippen MR) is 57.8 cm³/mol. The molecule has 3 nitrogen and oxygen atoms in total. The van der Waals surface area contributed by atoms with E-state index in [1.165, 1.54) is 0 Å². The van der Waals surface area contributed by atoms with Gasteiger partial charge in [-0.05, 0) is 18.1 Å². The number of carbonyl (C=O) groups is 1. The third-order valence-corrected chi connectivity index (χ3v) is 2.31. The molecule has 3 heteroatoms. The minimum Gasteiger partial charge on any atom is -0.342 e. The molecule has 76 valence electrons. The molecule has 2 aromatic rings. The lowest BCUT2D eigenvalue weighted by molar-refractivity contribution is 0.103. The fourth-order valence-electron chi connectivity index (χ4n) is 1.46. The SMILES string of the molecule is CCc1cccc(C(=O)c2ncc[nH]2)c1.